The minimum atomic E-state index is 0.217. The molecule has 2 atom stereocenters. The van der Waals surface area contributed by atoms with Crippen molar-refractivity contribution in [3.63, 3.8) is 0 Å². The Hall–Kier alpha value is -0.470. The van der Waals surface area contributed by atoms with Crippen molar-refractivity contribution in [3.05, 3.63) is 35.9 Å². The minimum Gasteiger partial charge on any atom is -0.327 e. The summed E-state index contributed by atoms with van der Waals surface area (Å²) >= 11 is 1.96. The molecule has 0 heterocycles. The van der Waals surface area contributed by atoms with Gasteiger partial charge in [0.1, 0.15) is 0 Å². The Morgan fingerprint density at radius 2 is 1.93 bits per heavy atom. The molecule has 0 aliphatic carbocycles. The van der Waals surface area contributed by atoms with Crippen molar-refractivity contribution in [2.75, 3.05) is 5.75 Å². The van der Waals surface area contributed by atoms with Gasteiger partial charge in [-0.3, -0.25) is 0 Å². The van der Waals surface area contributed by atoms with E-state index in [0.29, 0.717) is 5.25 Å². The zero-order valence-electron chi connectivity index (χ0n) is 8.94. The van der Waals surface area contributed by atoms with Crippen molar-refractivity contribution in [2.45, 2.75) is 31.6 Å². The number of nitrogens with two attached hydrogens (primary N) is 1. The Labute approximate surface area is 91.1 Å². The SMILES string of the molecule is CCCSC(c1ccccc1)C(C)N. The first kappa shape index (κ1) is 11.6. The molecular formula is C12H19NS. The summed E-state index contributed by atoms with van der Waals surface area (Å²) in [4.78, 5) is 0. The molecule has 78 valence electrons. The predicted octanol–water partition coefficient (Wildman–Crippen LogP) is 3.22. The average Bonchev–Trinajstić information content (AvgIpc) is 2.19. The van der Waals surface area contributed by atoms with E-state index in [2.05, 4.69) is 38.1 Å². The van der Waals surface area contributed by atoms with Crippen molar-refractivity contribution >= 4 is 11.8 Å². The summed E-state index contributed by atoms with van der Waals surface area (Å²) in [5.41, 5.74) is 7.34. The van der Waals surface area contributed by atoms with Crippen LogP contribution < -0.4 is 5.73 Å². The van der Waals surface area contributed by atoms with E-state index in [1.54, 1.807) is 0 Å². The summed E-state index contributed by atoms with van der Waals surface area (Å²) in [6.45, 7) is 4.29. The smallest absolute Gasteiger partial charge is 0.0445 e. The van der Waals surface area contributed by atoms with E-state index in [0.717, 1.165) is 0 Å². The Morgan fingerprint density at radius 3 is 2.43 bits per heavy atom. The zero-order valence-corrected chi connectivity index (χ0v) is 9.76. The molecule has 0 aliphatic heterocycles. The van der Waals surface area contributed by atoms with Gasteiger partial charge < -0.3 is 5.73 Å². The van der Waals surface area contributed by atoms with Crippen LogP contribution in [-0.4, -0.2) is 11.8 Å². The maximum Gasteiger partial charge on any atom is 0.0445 e. The second-order valence-electron chi connectivity index (χ2n) is 3.56. The monoisotopic (exact) mass is 209 g/mol. The molecule has 2 heteroatoms. The Kier molecular flexibility index (Phi) is 5.05. The fraction of sp³-hybridized carbons (Fsp3) is 0.500. The van der Waals surface area contributed by atoms with E-state index in [1.807, 2.05) is 17.8 Å². The first-order valence-corrected chi connectivity index (χ1v) is 6.22. The Balaban J connectivity index is 2.68. The van der Waals surface area contributed by atoms with Crippen molar-refractivity contribution in [2.24, 2.45) is 5.73 Å². The van der Waals surface area contributed by atoms with Crippen LogP contribution in [-0.2, 0) is 0 Å². The van der Waals surface area contributed by atoms with Gasteiger partial charge in [0.2, 0.25) is 0 Å². The second kappa shape index (κ2) is 6.10. The van der Waals surface area contributed by atoms with Gasteiger partial charge in [-0.15, -0.1) is 0 Å². The van der Waals surface area contributed by atoms with E-state index in [-0.39, 0.29) is 6.04 Å². The first-order chi connectivity index (χ1) is 6.75. The highest BCUT2D eigenvalue weighted by atomic mass is 32.2. The van der Waals surface area contributed by atoms with Crippen LogP contribution in [0.4, 0.5) is 0 Å². The van der Waals surface area contributed by atoms with Crippen molar-refractivity contribution in [1.29, 1.82) is 0 Å². The van der Waals surface area contributed by atoms with Crippen LogP contribution in [0.3, 0.4) is 0 Å². The van der Waals surface area contributed by atoms with Gasteiger partial charge in [0, 0.05) is 11.3 Å². The molecule has 0 aliphatic rings. The molecule has 14 heavy (non-hydrogen) atoms. The molecule has 1 aromatic rings. The summed E-state index contributed by atoms with van der Waals surface area (Å²) in [5.74, 6) is 1.18. The molecular weight excluding hydrogens is 190 g/mol. The van der Waals surface area contributed by atoms with Crippen LogP contribution in [0.5, 0.6) is 0 Å². The van der Waals surface area contributed by atoms with Crippen LogP contribution in [0.25, 0.3) is 0 Å². The Bertz CT molecular complexity index is 246. The van der Waals surface area contributed by atoms with Crippen molar-refractivity contribution < 1.29 is 0 Å². The van der Waals surface area contributed by atoms with Gasteiger partial charge in [-0.05, 0) is 24.7 Å². The highest BCUT2D eigenvalue weighted by molar-refractivity contribution is 7.99. The maximum atomic E-state index is 5.99. The van der Waals surface area contributed by atoms with Crippen molar-refractivity contribution in [3.8, 4) is 0 Å². The topological polar surface area (TPSA) is 26.0 Å². The number of rotatable bonds is 5. The van der Waals surface area contributed by atoms with Crippen LogP contribution >= 0.6 is 11.8 Å². The largest absolute Gasteiger partial charge is 0.327 e. The second-order valence-corrected chi connectivity index (χ2v) is 4.81. The summed E-state index contributed by atoms with van der Waals surface area (Å²) in [6.07, 6.45) is 1.21. The molecule has 1 aromatic carbocycles. The molecule has 2 N–H and O–H groups in total. The number of thioether (sulfide) groups is 1. The molecule has 2 unspecified atom stereocenters. The summed E-state index contributed by atoms with van der Waals surface area (Å²) in [5, 5.41) is 0.441. The summed E-state index contributed by atoms with van der Waals surface area (Å²) in [7, 11) is 0. The molecule has 0 radical (unpaired) electrons. The average molecular weight is 209 g/mol. The molecule has 0 spiro atoms. The van der Waals surface area contributed by atoms with E-state index >= 15 is 0 Å². The lowest BCUT2D eigenvalue weighted by molar-refractivity contribution is 0.721. The molecule has 0 saturated heterocycles. The van der Waals surface area contributed by atoms with Crippen LogP contribution in [0.15, 0.2) is 30.3 Å². The minimum absolute atomic E-state index is 0.217. The van der Waals surface area contributed by atoms with Gasteiger partial charge in [0.25, 0.3) is 0 Å². The maximum absolute atomic E-state index is 5.99. The molecule has 0 aromatic heterocycles. The third-order valence-electron chi connectivity index (χ3n) is 2.11. The van der Waals surface area contributed by atoms with Crippen molar-refractivity contribution in [1.82, 2.24) is 0 Å². The molecule has 0 amide bonds. The fourth-order valence-corrected chi connectivity index (χ4v) is 2.58. The standard InChI is InChI=1S/C12H19NS/c1-3-9-14-12(10(2)13)11-7-5-4-6-8-11/h4-8,10,12H,3,9,13H2,1-2H3. The lowest BCUT2D eigenvalue weighted by Gasteiger charge is -2.20. The highest BCUT2D eigenvalue weighted by Gasteiger charge is 2.15. The van der Waals surface area contributed by atoms with Gasteiger partial charge in [-0.25, -0.2) is 0 Å². The van der Waals surface area contributed by atoms with E-state index < -0.39 is 0 Å². The third kappa shape index (κ3) is 3.35. The van der Waals surface area contributed by atoms with Crippen LogP contribution in [0, 0.1) is 0 Å². The lowest BCUT2D eigenvalue weighted by Crippen LogP contribution is -2.22. The Morgan fingerprint density at radius 1 is 1.29 bits per heavy atom. The third-order valence-corrected chi connectivity index (χ3v) is 3.81. The van der Waals surface area contributed by atoms with E-state index in [4.69, 9.17) is 5.73 Å². The first-order valence-electron chi connectivity index (χ1n) is 5.17. The molecule has 1 rings (SSSR count). The fourth-order valence-electron chi connectivity index (χ4n) is 1.44. The highest BCUT2D eigenvalue weighted by Crippen LogP contribution is 2.31. The number of benzene rings is 1. The normalized spacial score (nSPS) is 15.1. The van der Waals surface area contributed by atoms with Crippen LogP contribution in [0.1, 0.15) is 31.1 Å². The van der Waals surface area contributed by atoms with Gasteiger partial charge in [0.15, 0.2) is 0 Å². The number of hydrogen-bond acceptors (Lipinski definition) is 2. The summed E-state index contributed by atoms with van der Waals surface area (Å²) < 4.78 is 0. The summed E-state index contributed by atoms with van der Waals surface area (Å²) in [6, 6.07) is 10.8. The van der Waals surface area contributed by atoms with Gasteiger partial charge in [-0.2, -0.15) is 11.8 Å². The quantitative estimate of drug-likeness (QED) is 0.806. The molecule has 0 saturated carbocycles. The van der Waals surface area contributed by atoms with Crippen LogP contribution in [0.2, 0.25) is 0 Å². The molecule has 0 bridgehead atoms. The number of hydrogen-bond donors (Lipinski definition) is 1. The van der Waals surface area contributed by atoms with E-state index in [9.17, 15) is 0 Å². The molecule has 0 fully saturated rings. The molecule has 1 nitrogen and oxygen atoms in total. The predicted molar refractivity (Wildman–Crippen MR) is 65.6 cm³/mol. The van der Waals surface area contributed by atoms with Gasteiger partial charge in [-0.1, -0.05) is 37.3 Å². The van der Waals surface area contributed by atoms with E-state index in [1.165, 1.54) is 17.7 Å². The van der Waals surface area contributed by atoms with Gasteiger partial charge in [0.05, 0.1) is 0 Å². The lowest BCUT2D eigenvalue weighted by atomic mass is 10.1. The van der Waals surface area contributed by atoms with Gasteiger partial charge >= 0.3 is 0 Å². The zero-order chi connectivity index (χ0) is 10.4.